The second kappa shape index (κ2) is 7.22. The molecule has 0 heterocycles. The fourth-order valence-electron chi connectivity index (χ4n) is 1.78. The largest absolute Gasteiger partial charge is 0.497 e. The van der Waals surface area contributed by atoms with E-state index in [1.807, 2.05) is 24.3 Å². The molecule has 0 amide bonds. The lowest BCUT2D eigenvalue weighted by Crippen LogP contribution is -2.06. The Labute approximate surface area is 126 Å². The summed E-state index contributed by atoms with van der Waals surface area (Å²) in [5, 5.41) is 0. The fraction of sp³-hybridized carbons (Fsp3) is 0.188. The highest BCUT2D eigenvalue weighted by molar-refractivity contribution is 7.99. The molecule has 0 aliphatic rings. The highest BCUT2D eigenvalue weighted by Gasteiger charge is 2.12. The summed E-state index contributed by atoms with van der Waals surface area (Å²) in [5.41, 5.74) is 0.979. The van der Waals surface area contributed by atoms with Crippen molar-refractivity contribution in [2.45, 2.75) is 5.75 Å². The van der Waals surface area contributed by atoms with Crippen molar-refractivity contribution in [3.63, 3.8) is 0 Å². The van der Waals surface area contributed by atoms with Crippen LogP contribution in [0.4, 0.5) is 8.78 Å². The van der Waals surface area contributed by atoms with Crippen molar-refractivity contribution in [2.75, 3.05) is 12.9 Å². The molecule has 0 radical (unpaired) electrons. The van der Waals surface area contributed by atoms with Gasteiger partial charge in [-0.2, -0.15) is 0 Å². The smallest absolute Gasteiger partial charge is 0.175 e. The van der Waals surface area contributed by atoms with E-state index in [2.05, 4.69) is 0 Å². The van der Waals surface area contributed by atoms with E-state index in [4.69, 9.17) is 4.74 Å². The van der Waals surface area contributed by atoms with Crippen LogP contribution in [0.3, 0.4) is 0 Å². The van der Waals surface area contributed by atoms with Crippen molar-refractivity contribution < 1.29 is 18.3 Å². The first-order chi connectivity index (χ1) is 10.1. The highest BCUT2D eigenvalue weighted by Crippen LogP contribution is 2.18. The summed E-state index contributed by atoms with van der Waals surface area (Å²) in [6.45, 7) is 0. The summed E-state index contributed by atoms with van der Waals surface area (Å²) in [4.78, 5) is 11.9. The Hall–Kier alpha value is -1.88. The number of carbonyl (C=O) groups is 1. The van der Waals surface area contributed by atoms with Gasteiger partial charge in [0.25, 0.3) is 0 Å². The quantitative estimate of drug-likeness (QED) is 0.752. The van der Waals surface area contributed by atoms with Gasteiger partial charge in [0.15, 0.2) is 5.78 Å². The lowest BCUT2D eigenvalue weighted by molar-refractivity contribution is 0.101. The number of carbonyl (C=O) groups excluding carboxylic acids is 1. The maximum atomic E-state index is 13.5. The molecule has 0 saturated heterocycles. The zero-order valence-corrected chi connectivity index (χ0v) is 12.3. The summed E-state index contributed by atoms with van der Waals surface area (Å²) in [5.74, 6) is -0.285. The standard InChI is InChI=1S/C16H14F2O2S/c1-20-13-5-2-11(3-6-13)9-21-10-16(19)14-7-4-12(17)8-15(14)18/h2-8H,9-10H2,1H3. The van der Waals surface area contributed by atoms with E-state index in [-0.39, 0.29) is 17.1 Å². The van der Waals surface area contributed by atoms with E-state index in [0.717, 1.165) is 23.4 Å². The summed E-state index contributed by atoms with van der Waals surface area (Å²) in [6.07, 6.45) is 0. The molecular weight excluding hydrogens is 294 g/mol. The van der Waals surface area contributed by atoms with Crippen LogP contribution in [0.1, 0.15) is 15.9 Å². The summed E-state index contributed by atoms with van der Waals surface area (Å²) in [6, 6.07) is 10.5. The molecule has 0 spiro atoms. The molecule has 0 N–H and O–H groups in total. The summed E-state index contributed by atoms with van der Waals surface area (Å²) >= 11 is 1.38. The Morgan fingerprint density at radius 3 is 2.48 bits per heavy atom. The molecule has 0 atom stereocenters. The second-order valence-corrected chi connectivity index (χ2v) is 5.37. The Kier molecular flexibility index (Phi) is 5.33. The van der Waals surface area contributed by atoms with Gasteiger partial charge < -0.3 is 4.74 Å². The van der Waals surface area contributed by atoms with Gasteiger partial charge in [0.05, 0.1) is 18.4 Å². The molecule has 0 aromatic heterocycles. The Morgan fingerprint density at radius 1 is 1.14 bits per heavy atom. The average Bonchev–Trinajstić information content (AvgIpc) is 2.47. The van der Waals surface area contributed by atoms with Crippen molar-refractivity contribution in [3.05, 3.63) is 65.2 Å². The molecule has 2 aromatic rings. The Bertz CT molecular complexity index is 627. The van der Waals surface area contributed by atoms with Gasteiger partial charge in [-0.15, -0.1) is 11.8 Å². The van der Waals surface area contributed by atoms with Crippen LogP contribution in [0, 0.1) is 11.6 Å². The third kappa shape index (κ3) is 4.29. The monoisotopic (exact) mass is 308 g/mol. The topological polar surface area (TPSA) is 26.3 Å². The Morgan fingerprint density at radius 2 is 1.86 bits per heavy atom. The van der Waals surface area contributed by atoms with E-state index in [1.165, 1.54) is 17.8 Å². The number of halogens is 2. The van der Waals surface area contributed by atoms with E-state index in [1.54, 1.807) is 7.11 Å². The maximum absolute atomic E-state index is 13.5. The van der Waals surface area contributed by atoms with Crippen LogP contribution in [0.15, 0.2) is 42.5 Å². The van der Waals surface area contributed by atoms with Crippen LogP contribution in [-0.2, 0) is 5.75 Å². The summed E-state index contributed by atoms with van der Waals surface area (Å²) < 4.78 is 31.3. The molecule has 0 aliphatic heterocycles. The number of ketones is 1. The molecule has 5 heteroatoms. The summed E-state index contributed by atoms with van der Waals surface area (Å²) in [7, 11) is 1.60. The number of thioether (sulfide) groups is 1. The van der Waals surface area contributed by atoms with Gasteiger partial charge in [0.1, 0.15) is 17.4 Å². The number of hydrogen-bond donors (Lipinski definition) is 0. The van der Waals surface area contributed by atoms with E-state index in [9.17, 15) is 13.6 Å². The molecule has 0 fully saturated rings. The SMILES string of the molecule is COc1ccc(CSCC(=O)c2ccc(F)cc2F)cc1. The zero-order valence-electron chi connectivity index (χ0n) is 11.4. The van der Waals surface area contributed by atoms with Gasteiger partial charge in [-0.3, -0.25) is 4.79 Å². The first-order valence-corrected chi connectivity index (χ1v) is 7.44. The second-order valence-electron chi connectivity index (χ2n) is 4.39. The van der Waals surface area contributed by atoms with Crippen LogP contribution < -0.4 is 4.74 Å². The molecular formula is C16H14F2O2S. The van der Waals surface area contributed by atoms with Crippen molar-refractivity contribution in [1.29, 1.82) is 0 Å². The van der Waals surface area contributed by atoms with Crippen LogP contribution in [0.5, 0.6) is 5.75 Å². The molecule has 2 rings (SSSR count). The minimum absolute atomic E-state index is 0.0707. The van der Waals surface area contributed by atoms with Gasteiger partial charge in [-0.05, 0) is 29.8 Å². The van der Waals surface area contributed by atoms with Crippen LogP contribution in [0.2, 0.25) is 0 Å². The predicted molar refractivity (Wildman–Crippen MR) is 79.8 cm³/mol. The Balaban J connectivity index is 1.88. The third-order valence-corrected chi connectivity index (χ3v) is 3.90. The zero-order chi connectivity index (χ0) is 15.2. The van der Waals surface area contributed by atoms with Crippen molar-refractivity contribution >= 4 is 17.5 Å². The molecule has 0 aliphatic carbocycles. The van der Waals surface area contributed by atoms with Gasteiger partial charge in [-0.25, -0.2) is 8.78 Å². The number of hydrogen-bond acceptors (Lipinski definition) is 3. The van der Waals surface area contributed by atoms with Crippen LogP contribution in [0.25, 0.3) is 0 Å². The molecule has 21 heavy (non-hydrogen) atoms. The number of Topliss-reactive ketones (excluding diaryl/α,β-unsaturated/α-hetero) is 1. The predicted octanol–water partition coefficient (Wildman–Crippen LogP) is 4.09. The number of methoxy groups -OCH3 is 1. The lowest BCUT2D eigenvalue weighted by atomic mass is 10.1. The fourth-order valence-corrected chi connectivity index (χ4v) is 2.65. The first kappa shape index (κ1) is 15.5. The van der Waals surface area contributed by atoms with Crippen molar-refractivity contribution in [2.24, 2.45) is 0 Å². The van der Waals surface area contributed by atoms with E-state index >= 15 is 0 Å². The number of benzene rings is 2. The normalized spacial score (nSPS) is 10.4. The number of rotatable bonds is 6. The highest BCUT2D eigenvalue weighted by atomic mass is 32.2. The third-order valence-electron chi connectivity index (χ3n) is 2.89. The van der Waals surface area contributed by atoms with Crippen molar-refractivity contribution in [1.82, 2.24) is 0 Å². The number of ether oxygens (including phenoxy) is 1. The van der Waals surface area contributed by atoms with Gasteiger partial charge in [0, 0.05) is 11.8 Å². The average molecular weight is 308 g/mol. The lowest BCUT2D eigenvalue weighted by Gasteiger charge is -2.04. The minimum atomic E-state index is -0.815. The van der Waals surface area contributed by atoms with E-state index < -0.39 is 11.6 Å². The van der Waals surface area contributed by atoms with Gasteiger partial charge in [0.2, 0.25) is 0 Å². The molecule has 2 aromatic carbocycles. The van der Waals surface area contributed by atoms with Crippen LogP contribution >= 0.6 is 11.8 Å². The van der Waals surface area contributed by atoms with Gasteiger partial charge >= 0.3 is 0 Å². The minimum Gasteiger partial charge on any atom is -0.497 e. The maximum Gasteiger partial charge on any atom is 0.175 e. The molecule has 110 valence electrons. The van der Waals surface area contributed by atoms with Crippen LogP contribution in [-0.4, -0.2) is 18.6 Å². The first-order valence-electron chi connectivity index (χ1n) is 6.29. The molecule has 2 nitrogen and oxygen atoms in total. The van der Waals surface area contributed by atoms with E-state index in [0.29, 0.717) is 5.75 Å². The van der Waals surface area contributed by atoms with Crippen molar-refractivity contribution in [3.8, 4) is 5.75 Å². The van der Waals surface area contributed by atoms with Gasteiger partial charge in [-0.1, -0.05) is 12.1 Å². The molecule has 0 unspecified atom stereocenters. The molecule has 0 bridgehead atoms. The molecule has 0 saturated carbocycles.